The summed E-state index contributed by atoms with van der Waals surface area (Å²) in [6.07, 6.45) is 0.164. The zero-order valence-corrected chi connectivity index (χ0v) is 19.4. The van der Waals surface area contributed by atoms with Crippen molar-refractivity contribution in [3.63, 3.8) is 0 Å². The first-order valence-corrected chi connectivity index (χ1v) is 12.1. The van der Waals surface area contributed by atoms with Gasteiger partial charge in [0.05, 0.1) is 17.0 Å². The number of nitrogens with one attached hydrogen (secondary N) is 1. The molecule has 0 bridgehead atoms. The van der Waals surface area contributed by atoms with Crippen LogP contribution in [0.5, 0.6) is 11.5 Å². The topological polar surface area (TPSA) is 75.7 Å². The van der Waals surface area contributed by atoms with Crippen LogP contribution in [-0.2, 0) is 21.2 Å². The lowest BCUT2D eigenvalue weighted by Gasteiger charge is -2.19. The first-order chi connectivity index (χ1) is 16.4. The van der Waals surface area contributed by atoms with Gasteiger partial charge in [-0.2, -0.15) is 0 Å². The predicted molar refractivity (Wildman–Crippen MR) is 134 cm³/mol. The summed E-state index contributed by atoms with van der Waals surface area (Å²) in [5.41, 5.74) is 1.95. The van der Waals surface area contributed by atoms with Crippen molar-refractivity contribution < 1.29 is 17.9 Å². The Bertz CT molecular complexity index is 1340. The normalized spacial score (nSPS) is 11.0. The van der Waals surface area contributed by atoms with Crippen molar-refractivity contribution in [3.05, 3.63) is 115 Å². The molecule has 7 heteroatoms. The van der Waals surface area contributed by atoms with Crippen molar-refractivity contribution in [2.24, 2.45) is 0 Å². The van der Waals surface area contributed by atoms with E-state index in [0.29, 0.717) is 17.1 Å². The molecule has 0 aromatic heterocycles. The second-order valence-electron chi connectivity index (χ2n) is 7.62. The second kappa shape index (κ2) is 10.2. The molecule has 0 saturated heterocycles. The molecule has 1 amide bonds. The third kappa shape index (κ3) is 5.63. The van der Waals surface area contributed by atoms with Crippen molar-refractivity contribution >= 4 is 27.3 Å². The number of hydrogen-bond acceptors (Lipinski definition) is 4. The predicted octanol–water partition coefficient (Wildman–Crippen LogP) is 5.49. The number of nitrogens with zero attached hydrogens (tertiary/aromatic N) is 1. The highest BCUT2D eigenvalue weighted by Crippen LogP contribution is 2.24. The van der Waals surface area contributed by atoms with Gasteiger partial charge in [0.1, 0.15) is 11.5 Å². The Morgan fingerprint density at radius 2 is 1.32 bits per heavy atom. The highest BCUT2D eigenvalue weighted by atomic mass is 32.2. The number of sulfonamides is 1. The average molecular weight is 473 g/mol. The molecule has 0 atom stereocenters. The number of carbonyl (C=O) groups excluding carboxylic acids is 1. The van der Waals surface area contributed by atoms with Crippen LogP contribution in [-0.4, -0.2) is 21.4 Å². The average Bonchev–Trinajstić information content (AvgIpc) is 2.86. The maximum absolute atomic E-state index is 12.8. The van der Waals surface area contributed by atoms with Gasteiger partial charge >= 0.3 is 0 Å². The fourth-order valence-corrected chi connectivity index (χ4v) is 4.55. The van der Waals surface area contributed by atoms with Gasteiger partial charge in [0.15, 0.2) is 0 Å². The Hall–Kier alpha value is -4.10. The maximum Gasteiger partial charge on any atom is 0.264 e. The fraction of sp³-hybridized carbons (Fsp3) is 0.0741. The van der Waals surface area contributed by atoms with E-state index in [-0.39, 0.29) is 17.2 Å². The van der Waals surface area contributed by atoms with Crippen molar-refractivity contribution in [1.29, 1.82) is 0 Å². The number of amides is 1. The lowest BCUT2D eigenvalue weighted by Crippen LogP contribution is -2.26. The number of ether oxygens (including phenoxy) is 1. The summed E-state index contributed by atoms with van der Waals surface area (Å²) >= 11 is 0. The number of anilines is 2. The van der Waals surface area contributed by atoms with Crippen molar-refractivity contribution in [2.45, 2.75) is 11.3 Å². The van der Waals surface area contributed by atoms with Crippen LogP contribution in [0.1, 0.15) is 5.56 Å². The molecule has 0 spiro atoms. The number of para-hydroxylation sites is 1. The molecule has 4 aromatic rings. The number of rotatable bonds is 8. The molecule has 4 rings (SSSR count). The van der Waals surface area contributed by atoms with Gasteiger partial charge in [-0.1, -0.05) is 48.5 Å². The van der Waals surface area contributed by atoms with Crippen LogP contribution in [0, 0.1) is 0 Å². The molecular weight excluding hydrogens is 448 g/mol. The van der Waals surface area contributed by atoms with Crippen LogP contribution < -0.4 is 14.4 Å². The van der Waals surface area contributed by atoms with Crippen LogP contribution in [0.25, 0.3) is 0 Å². The third-order valence-corrected chi connectivity index (χ3v) is 6.98. The molecule has 0 aliphatic rings. The molecule has 0 radical (unpaired) electrons. The van der Waals surface area contributed by atoms with Gasteiger partial charge in [-0.05, 0) is 66.2 Å². The summed E-state index contributed by atoms with van der Waals surface area (Å²) in [7, 11) is -2.14. The molecule has 0 heterocycles. The van der Waals surface area contributed by atoms with Gasteiger partial charge in [-0.3, -0.25) is 9.10 Å². The van der Waals surface area contributed by atoms with Crippen molar-refractivity contribution in [2.75, 3.05) is 16.7 Å². The number of benzene rings is 4. The molecule has 34 heavy (non-hydrogen) atoms. The van der Waals surface area contributed by atoms with Crippen LogP contribution in [0.15, 0.2) is 114 Å². The zero-order chi connectivity index (χ0) is 24.0. The minimum Gasteiger partial charge on any atom is -0.457 e. The fourth-order valence-electron chi connectivity index (χ4n) is 3.33. The summed E-state index contributed by atoms with van der Waals surface area (Å²) in [5, 5.41) is 2.86. The minimum atomic E-state index is -3.65. The Morgan fingerprint density at radius 3 is 1.94 bits per heavy atom. The van der Waals surface area contributed by atoms with Gasteiger partial charge in [-0.15, -0.1) is 0 Å². The van der Waals surface area contributed by atoms with E-state index >= 15 is 0 Å². The molecule has 0 unspecified atom stereocenters. The molecule has 1 N–H and O–H groups in total. The molecule has 0 aliphatic carbocycles. The first-order valence-electron chi connectivity index (χ1n) is 10.7. The van der Waals surface area contributed by atoms with Gasteiger partial charge in [0, 0.05) is 12.7 Å². The summed E-state index contributed by atoms with van der Waals surface area (Å²) in [5.74, 6) is 1.24. The van der Waals surface area contributed by atoms with E-state index in [4.69, 9.17) is 4.74 Å². The Kier molecular flexibility index (Phi) is 6.94. The lowest BCUT2D eigenvalue weighted by molar-refractivity contribution is -0.115. The van der Waals surface area contributed by atoms with Crippen LogP contribution >= 0.6 is 0 Å². The Labute approximate surface area is 199 Å². The molecule has 4 aromatic carbocycles. The van der Waals surface area contributed by atoms with E-state index in [9.17, 15) is 13.2 Å². The number of hydrogen-bond donors (Lipinski definition) is 1. The van der Waals surface area contributed by atoms with E-state index in [0.717, 1.165) is 11.3 Å². The molecule has 6 nitrogen and oxygen atoms in total. The molecule has 0 fully saturated rings. The van der Waals surface area contributed by atoms with Crippen molar-refractivity contribution in [3.8, 4) is 11.5 Å². The van der Waals surface area contributed by atoms with E-state index in [2.05, 4.69) is 5.32 Å². The summed E-state index contributed by atoms with van der Waals surface area (Å²) < 4.78 is 32.5. The van der Waals surface area contributed by atoms with Crippen LogP contribution in [0.4, 0.5) is 11.4 Å². The van der Waals surface area contributed by atoms with E-state index < -0.39 is 10.0 Å². The molecular formula is C27H24N2O4S. The monoisotopic (exact) mass is 472 g/mol. The van der Waals surface area contributed by atoms with Gasteiger partial charge in [-0.25, -0.2) is 8.42 Å². The minimum absolute atomic E-state index is 0.164. The van der Waals surface area contributed by atoms with E-state index in [1.54, 1.807) is 78.9 Å². The van der Waals surface area contributed by atoms with Crippen LogP contribution in [0.3, 0.4) is 0 Å². The molecule has 0 aliphatic heterocycles. The standard InChI is InChI=1S/C27H24N2O4S/c1-29(34(31,32)26-10-6-3-7-11-26)23-16-12-21(13-17-23)20-27(30)28-22-14-18-25(19-15-22)33-24-8-4-2-5-9-24/h2-19H,20H2,1H3,(H,28,30). The maximum atomic E-state index is 12.8. The third-order valence-electron chi connectivity index (χ3n) is 5.18. The van der Waals surface area contributed by atoms with Crippen LogP contribution in [0.2, 0.25) is 0 Å². The molecule has 172 valence electrons. The van der Waals surface area contributed by atoms with Gasteiger partial charge < -0.3 is 10.1 Å². The highest BCUT2D eigenvalue weighted by molar-refractivity contribution is 7.92. The molecule has 0 saturated carbocycles. The zero-order valence-electron chi connectivity index (χ0n) is 18.6. The van der Waals surface area contributed by atoms with Crippen molar-refractivity contribution in [1.82, 2.24) is 0 Å². The first kappa shape index (κ1) is 23.1. The van der Waals surface area contributed by atoms with E-state index in [1.165, 1.54) is 11.4 Å². The SMILES string of the molecule is CN(c1ccc(CC(=O)Nc2ccc(Oc3ccccc3)cc2)cc1)S(=O)(=O)c1ccccc1. The second-order valence-corrected chi connectivity index (χ2v) is 9.59. The highest BCUT2D eigenvalue weighted by Gasteiger charge is 2.20. The quantitative estimate of drug-likeness (QED) is 0.368. The smallest absolute Gasteiger partial charge is 0.264 e. The largest absolute Gasteiger partial charge is 0.457 e. The lowest BCUT2D eigenvalue weighted by atomic mass is 10.1. The van der Waals surface area contributed by atoms with Gasteiger partial charge in [0.25, 0.3) is 10.0 Å². The summed E-state index contributed by atoms with van der Waals surface area (Å²) in [4.78, 5) is 12.7. The Morgan fingerprint density at radius 1 is 0.765 bits per heavy atom. The number of carbonyl (C=O) groups is 1. The summed E-state index contributed by atoms with van der Waals surface area (Å²) in [6.45, 7) is 0. The summed E-state index contributed by atoms with van der Waals surface area (Å²) in [6, 6.07) is 31.8. The van der Waals surface area contributed by atoms with E-state index in [1.807, 2.05) is 30.3 Å². The Balaban J connectivity index is 1.35. The van der Waals surface area contributed by atoms with Gasteiger partial charge in [0.2, 0.25) is 5.91 Å².